The molecule has 0 aliphatic rings. The fourth-order valence-electron chi connectivity index (χ4n) is 8.49. The summed E-state index contributed by atoms with van der Waals surface area (Å²) in [6.45, 7) is 6.47. The van der Waals surface area contributed by atoms with E-state index in [-0.39, 0.29) is 31.1 Å². The van der Waals surface area contributed by atoms with Gasteiger partial charge in [0, 0.05) is 19.3 Å². The van der Waals surface area contributed by atoms with Crippen molar-refractivity contribution in [3.05, 3.63) is 122 Å². The van der Waals surface area contributed by atoms with Crippen molar-refractivity contribution in [2.24, 2.45) is 0 Å². The van der Waals surface area contributed by atoms with Gasteiger partial charge in [0.25, 0.3) is 0 Å². The molecule has 1 atom stereocenters. The van der Waals surface area contributed by atoms with Crippen molar-refractivity contribution in [1.29, 1.82) is 0 Å². The highest BCUT2D eigenvalue weighted by Crippen LogP contribution is 2.15. The zero-order chi connectivity index (χ0) is 55.0. The van der Waals surface area contributed by atoms with Gasteiger partial charge in [-0.1, -0.05) is 271 Å². The number of esters is 3. The van der Waals surface area contributed by atoms with Crippen LogP contribution >= 0.6 is 0 Å². The van der Waals surface area contributed by atoms with E-state index in [0.717, 1.165) is 128 Å². The maximum atomic E-state index is 12.9. The van der Waals surface area contributed by atoms with Crippen molar-refractivity contribution >= 4 is 17.9 Å². The lowest BCUT2D eigenvalue weighted by molar-refractivity contribution is -0.167. The number of carbonyl (C=O) groups is 3. The van der Waals surface area contributed by atoms with E-state index >= 15 is 0 Å². The van der Waals surface area contributed by atoms with Crippen molar-refractivity contribution < 1.29 is 28.6 Å². The molecule has 0 aromatic carbocycles. The molecule has 1 unspecified atom stereocenters. The van der Waals surface area contributed by atoms with Gasteiger partial charge in [0.05, 0.1) is 0 Å². The molecule has 0 aliphatic heterocycles. The topological polar surface area (TPSA) is 78.9 Å². The molecule has 0 fully saturated rings. The van der Waals surface area contributed by atoms with Gasteiger partial charge in [0.2, 0.25) is 0 Å². The van der Waals surface area contributed by atoms with Gasteiger partial charge >= 0.3 is 17.9 Å². The van der Waals surface area contributed by atoms with E-state index in [0.29, 0.717) is 19.3 Å². The van der Waals surface area contributed by atoms with Crippen molar-refractivity contribution in [3.63, 3.8) is 0 Å². The number of hydrogen-bond acceptors (Lipinski definition) is 6. The first kappa shape index (κ1) is 71.8. The number of ether oxygens (including phenoxy) is 3. The largest absolute Gasteiger partial charge is 0.462 e. The third-order valence-corrected chi connectivity index (χ3v) is 13.2. The Balaban J connectivity index is 4.28. The number of rotatable bonds is 56. The second-order valence-electron chi connectivity index (χ2n) is 20.6. The SMILES string of the molecule is CC/C=C\C/C=C\C/C=C\C/C=C\C/C=C\C/C=C\C/C=C\C/C=C\CCCCCCC(=O)OCC(COC(=O)CCCCCCCCCC)OC(=O)CCCCCCCCCCC/C=C\C/C=C\CCCCCCC. The summed E-state index contributed by atoms with van der Waals surface area (Å²) in [5, 5.41) is 0. The van der Waals surface area contributed by atoms with Gasteiger partial charge in [0.15, 0.2) is 6.10 Å². The van der Waals surface area contributed by atoms with Gasteiger partial charge in [-0.3, -0.25) is 14.4 Å². The first-order valence-corrected chi connectivity index (χ1v) is 31.5. The molecule has 0 aromatic heterocycles. The Hall–Kier alpha value is -4.19. The second kappa shape index (κ2) is 63.3. The molecule has 6 nitrogen and oxygen atoms in total. The van der Waals surface area contributed by atoms with E-state index in [9.17, 15) is 14.4 Å². The van der Waals surface area contributed by atoms with Crippen LogP contribution in [0.4, 0.5) is 0 Å². The van der Waals surface area contributed by atoms with E-state index in [2.05, 4.69) is 142 Å². The zero-order valence-electron chi connectivity index (χ0n) is 49.5. The van der Waals surface area contributed by atoms with Crippen molar-refractivity contribution in [1.82, 2.24) is 0 Å². The summed E-state index contributed by atoms with van der Waals surface area (Å²) in [5.74, 6) is -0.921. The molecule has 0 rings (SSSR count). The average molecular weight is 1050 g/mol. The van der Waals surface area contributed by atoms with Crippen LogP contribution in [0.1, 0.15) is 284 Å². The van der Waals surface area contributed by atoms with Crippen LogP contribution in [-0.4, -0.2) is 37.2 Å². The lowest BCUT2D eigenvalue weighted by Gasteiger charge is -2.18. The third-order valence-electron chi connectivity index (χ3n) is 13.2. The van der Waals surface area contributed by atoms with Crippen LogP contribution in [0.3, 0.4) is 0 Å². The highest BCUT2D eigenvalue weighted by Gasteiger charge is 2.19. The molecule has 0 bridgehead atoms. The smallest absolute Gasteiger partial charge is 0.306 e. The Labute approximate surface area is 469 Å². The average Bonchev–Trinajstić information content (AvgIpc) is 3.42. The first-order chi connectivity index (χ1) is 37.5. The van der Waals surface area contributed by atoms with Crippen LogP contribution in [0.25, 0.3) is 0 Å². The summed E-state index contributed by atoms with van der Waals surface area (Å²) in [6, 6.07) is 0. The Kier molecular flexibility index (Phi) is 59.9. The monoisotopic (exact) mass is 1050 g/mol. The molecule has 6 heteroatoms. The van der Waals surface area contributed by atoms with Crippen molar-refractivity contribution in [3.8, 4) is 0 Å². The molecule has 0 N–H and O–H groups in total. The molecule has 0 saturated carbocycles. The first-order valence-electron chi connectivity index (χ1n) is 31.5. The number of unbranched alkanes of at least 4 members (excludes halogenated alkanes) is 25. The normalized spacial score (nSPS) is 12.9. The summed E-state index contributed by atoms with van der Waals surface area (Å²) in [5.41, 5.74) is 0. The number of allylic oxidation sites excluding steroid dienone is 20. The fourth-order valence-corrected chi connectivity index (χ4v) is 8.49. The van der Waals surface area contributed by atoms with Gasteiger partial charge in [0.1, 0.15) is 13.2 Å². The summed E-state index contributed by atoms with van der Waals surface area (Å²) in [4.78, 5) is 38.1. The minimum absolute atomic E-state index is 0.0887. The number of carbonyl (C=O) groups excluding carboxylic acids is 3. The third kappa shape index (κ3) is 60.7. The minimum atomic E-state index is -0.792. The fraction of sp³-hybridized carbons (Fsp3) is 0.671. The van der Waals surface area contributed by atoms with Gasteiger partial charge in [-0.05, 0) is 116 Å². The van der Waals surface area contributed by atoms with E-state index in [1.54, 1.807) is 0 Å². The summed E-state index contributed by atoms with van der Waals surface area (Å²) >= 11 is 0. The minimum Gasteiger partial charge on any atom is -0.462 e. The maximum Gasteiger partial charge on any atom is 0.306 e. The summed E-state index contributed by atoms with van der Waals surface area (Å²) in [6.07, 6.45) is 87.8. The second-order valence-corrected chi connectivity index (χ2v) is 20.6. The lowest BCUT2D eigenvalue weighted by atomic mass is 10.1. The molecule has 0 aliphatic carbocycles. The molecule has 0 saturated heterocycles. The predicted octanol–water partition coefficient (Wildman–Crippen LogP) is 21.6. The van der Waals surface area contributed by atoms with E-state index < -0.39 is 6.10 Å². The van der Waals surface area contributed by atoms with Crippen LogP contribution in [0.5, 0.6) is 0 Å². The van der Waals surface area contributed by atoms with E-state index in [1.807, 2.05) is 0 Å². The Morgan fingerprint density at radius 1 is 0.276 bits per heavy atom. The highest BCUT2D eigenvalue weighted by molar-refractivity contribution is 5.71. The molecule has 0 amide bonds. The molecule has 0 radical (unpaired) electrons. The molecular weight excluding hydrogens is 937 g/mol. The summed E-state index contributed by atoms with van der Waals surface area (Å²) < 4.78 is 16.8. The van der Waals surface area contributed by atoms with Crippen LogP contribution in [0, 0.1) is 0 Å². The van der Waals surface area contributed by atoms with Crippen molar-refractivity contribution in [2.45, 2.75) is 290 Å². The molecule has 0 aromatic rings. The highest BCUT2D eigenvalue weighted by atomic mass is 16.6. The predicted molar refractivity (Wildman–Crippen MR) is 330 cm³/mol. The molecule has 432 valence electrons. The van der Waals surface area contributed by atoms with E-state index in [4.69, 9.17) is 14.2 Å². The van der Waals surface area contributed by atoms with Crippen LogP contribution in [-0.2, 0) is 28.6 Å². The van der Waals surface area contributed by atoms with Crippen LogP contribution < -0.4 is 0 Å². The van der Waals surface area contributed by atoms with Crippen LogP contribution in [0.15, 0.2) is 122 Å². The van der Waals surface area contributed by atoms with Crippen molar-refractivity contribution in [2.75, 3.05) is 13.2 Å². The Morgan fingerprint density at radius 2 is 0.513 bits per heavy atom. The Bertz CT molecular complexity index is 1590. The molecule has 76 heavy (non-hydrogen) atoms. The molecule has 0 spiro atoms. The van der Waals surface area contributed by atoms with Gasteiger partial charge in [-0.2, -0.15) is 0 Å². The Morgan fingerprint density at radius 3 is 0.803 bits per heavy atom. The molecule has 0 heterocycles. The maximum absolute atomic E-state index is 12.9. The number of hydrogen-bond donors (Lipinski definition) is 0. The lowest BCUT2D eigenvalue weighted by Crippen LogP contribution is -2.30. The summed E-state index contributed by atoms with van der Waals surface area (Å²) in [7, 11) is 0. The van der Waals surface area contributed by atoms with Crippen LogP contribution in [0.2, 0.25) is 0 Å². The van der Waals surface area contributed by atoms with Gasteiger partial charge < -0.3 is 14.2 Å². The standard InChI is InChI=1S/C70H116O6/c1-4-7-10-13-16-19-21-23-25-27-29-31-32-33-34-35-36-37-38-40-41-43-45-47-49-51-54-57-60-63-69(72)75-66-67(65-74-68(71)62-59-56-53-18-15-12-9-6-3)76-70(73)64-61-58-55-52-50-48-46-44-42-39-30-28-26-24-22-20-17-14-11-8-5-2/h7,10,16,19,22-25,28-31,33-34,36-37,40-41,45,47,67H,4-6,8-9,11-15,17-18,20-21,26-27,32,35,38-39,42-44,46,48-66H2,1-3H3/b10-7-,19-16-,24-22-,25-23-,30-28-,31-29-,34-33-,37-36-,41-40-,47-45-. The molecular formula is C70H116O6. The zero-order valence-corrected chi connectivity index (χ0v) is 49.5. The van der Waals surface area contributed by atoms with E-state index in [1.165, 1.54) is 116 Å². The van der Waals surface area contributed by atoms with Gasteiger partial charge in [-0.15, -0.1) is 0 Å². The van der Waals surface area contributed by atoms with Gasteiger partial charge in [-0.25, -0.2) is 0 Å². The quantitative estimate of drug-likeness (QED) is 0.0261.